The molecule has 6 heteroatoms. The zero-order valence-electron chi connectivity index (χ0n) is 12.3. The first-order chi connectivity index (χ1) is 9.31. The summed E-state index contributed by atoms with van der Waals surface area (Å²) >= 11 is 0. The van der Waals surface area contributed by atoms with Gasteiger partial charge in [0, 0.05) is 6.21 Å². The lowest BCUT2D eigenvalue weighted by atomic mass is 9.82. The number of benzene rings is 1. The fourth-order valence-corrected chi connectivity index (χ4v) is 1.34. The van der Waals surface area contributed by atoms with Crippen LogP contribution in [0.4, 0.5) is 18.9 Å². The second-order valence-corrected chi connectivity index (χ2v) is 4.24. The van der Waals surface area contributed by atoms with Crippen molar-refractivity contribution >= 4 is 24.8 Å². The summed E-state index contributed by atoms with van der Waals surface area (Å²) in [5.74, 6) is 0. The van der Waals surface area contributed by atoms with Crippen molar-refractivity contribution in [3.05, 3.63) is 23.3 Å². The maximum Gasteiger partial charge on any atom is 0.415 e. The number of hydrogen-bond acceptors (Lipinski definition) is 2. The lowest BCUT2D eigenvalue weighted by molar-refractivity contribution is -0.136. The molecule has 0 saturated heterocycles. The van der Waals surface area contributed by atoms with Gasteiger partial charge in [0.2, 0.25) is 0 Å². The van der Waals surface area contributed by atoms with Crippen LogP contribution in [-0.4, -0.2) is 18.7 Å². The van der Waals surface area contributed by atoms with Gasteiger partial charge in [-0.05, 0) is 37.0 Å². The molecule has 0 aliphatic rings. The van der Waals surface area contributed by atoms with Crippen LogP contribution in [0.25, 0.3) is 0 Å². The predicted molar refractivity (Wildman–Crippen MR) is 78.2 cm³/mol. The van der Waals surface area contributed by atoms with Gasteiger partial charge in [0.25, 0.3) is 0 Å². The maximum atomic E-state index is 12.6. The minimum atomic E-state index is -4.48. The van der Waals surface area contributed by atoms with E-state index in [1.54, 1.807) is 13.8 Å². The van der Waals surface area contributed by atoms with E-state index in [1.807, 2.05) is 0 Å². The van der Waals surface area contributed by atoms with E-state index in [4.69, 9.17) is 5.02 Å². The predicted octanol–water partition coefficient (Wildman–Crippen LogP) is 3.78. The molecule has 1 aromatic rings. The van der Waals surface area contributed by atoms with Crippen LogP contribution < -0.4 is 5.46 Å². The summed E-state index contributed by atoms with van der Waals surface area (Å²) in [6.07, 6.45) is -0.357. The second-order valence-electron chi connectivity index (χ2n) is 4.24. The first kappa shape index (κ1) is 18.7. The van der Waals surface area contributed by atoms with Gasteiger partial charge in [-0.25, -0.2) is 0 Å². The van der Waals surface area contributed by atoms with Crippen LogP contribution in [-0.2, 0) is 6.18 Å². The molecular formula is C14H20BF3NO. The molecule has 0 spiro atoms. The van der Waals surface area contributed by atoms with E-state index in [-0.39, 0.29) is 5.46 Å². The standard InChI is InChI=1S/C10H10BF3NO.C4H10/c1-3-15-9-5-8(11-16)7(4-6(9)2)10(12,13)14;1-3-4-2/h3-5,16H,1-2H3;3-4H2,1-2H3. The molecule has 0 fully saturated rings. The largest absolute Gasteiger partial charge is 0.450 e. The van der Waals surface area contributed by atoms with Crippen molar-refractivity contribution in [2.75, 3.05) is 0 Å². The Morgan fingerprint density at radius 2 is 1.80 bits per heavy atom. The lowest BCUT2D eigenvalue weighted by Crippen LogP contribution is -2.25. The highest BCUT2D eigenvalue weighted by atomic mass is 19.4. The molecule has 1 rings (SSSR count). The molecule has 0 unspecified atom stereocenters. The first-order valence-corrected chi connectivity index (χ1v) is 6.49. The number of aliphatic imine (C=N–C) groups is 1. The van der Waals surface area contributed by atoms with Crippen LogP contribution in [0.2, 0.25) is 0 Å². The SMILES string of the molecule is CC=Nc1cc([B]O)c(C(F)(F)F)cc1C.CCCC. The summed E-state index contributed by atoms with van der Waals surface area (Å²) < 4.78 is 37.7. The third kappa shape index (κ3) is 5.78. The molecule has 0 atom stereocenters. The average molecular weight is 286 g/mol. The smallest absolute Gasteiger partial charge is 0.415 e. The highest BCUT2D eigenvalue weighted by molar-refractivity contribution is 6.46. The molecule has 1 radical (unpaired) electrons. The van der Waals surface area contributed by atoms with Gasteiger partial charge >= 0.3 is 13.7 Å². The minimum absolute atomic E-state index is 0.279. The van der Waals surface area contributed by atoms with Crippen LogP contribution in [0.5, 0.6) is 0 Å². The molecular weight excluding hydrogens is 266 g/mol. The van der Waals surface area contributed by atoms with Crippen molar-refractivity contribution in [3.63, 3.8) is 0 Å². The van der Waals surface area contributed by atoms with Crippen molar-refractivity contribution in [2.24, 2.45) is 4.99 Å². The van der Waals surface area contributed by atoms with Crippen molar-refractivity contribution in [1.82, 2.24) is 0 Å². The van der Waals surface area contributed by atoms with Gasteiger partial charge in [-0.2, -0.15) is 13.2 Å². The Morgan fingerprint density at radius 3 is 2.15 bits per heavy atom. The van der Waals surface area contributed by atoms with Crippen LogP contribution in [0, 0.1) is 6.92 Å². The summed E-state index contributed by atoms with van der Waals surface area (Å²) in [6.45, 7) is 7.57. The van der Waals surface area contributed by atoms with Gasteiger partial charge < -0.3 is 5.02 Å². The Morgan fingerprint density at radius 1 is 1.25 bits per heavy atom. The van der Waals surface area contributed by atoms with Crippen molar-refractivity contribution in [2.45, 2.75) is 46.7 Å². The third-order valence-corrected chi connectivity index (χ3v) is 2.58. The molecule has 1 N–H and O–H groups in total. The van der Waals surface area contributed by atoms with E-state index in [0.29, 0.717) is 18.7 Å². The van der Waals surface area contributed by atoms with Gasteiger partial charge in [0.1, 0.15) is 0 Å². The number of unbranched alkanes of at least 4 members (excludes halogenated alkanes) is 1. The summed E-state index contributed by atoms with van der Waals surface area (Å²) in [5.41, 5.74) is -0.312. The van der Waals surface area contributed by atoms with E-state index in [0.717, 1.165) is 6.07 Å². The molecule has 0 heterocycles. The number of nitrogens with zero attached hydrogens (tertiary/aromatic N) is 1. The molecule has 0 amide bonds. The Hall–Kier alpha value is -1.30. The highest BCUT2D eigenvalue weighted by Crippen LogP contribution is 2.30. The molecule has 0 aliphatic carbocycles. The first-order valence-electron chi connectivity index (χ1n) is 6.49. The maximum absolute atomic E-state index is 12.6. The fourth-order valence-electron chi connectivity index (χ4n) is 1.34. The zero-order valence-corrected chi connectivity index (χ0v) is 12.3. The summed E-state index contributed by atoms with van der Waals surface area (Å²) in [5, 5.41) is 8.79. The number of hydrogen-bond donors (Lipinski definition) is 1. The monoisotopic (exact) mass is 286 g/mol. The van der Waals surface area contributed by atoms with E-state index >= 15 is 0 Å². The molecule has 0 saturated carbocycles. The van der Waals surface area contributed by atoms with Gasteiger partial charge in [0.05, 0.1) is 11.3 Å². The third-order valence-electron chi connectivity index (χ3n) is 2.58. The van der Waals surface area contributed by atoms with Crippen LogP contribution in [0.3, 0.4) is 0 Å². The molecule has 0 aromatic heterocycles. The number of aryl methyl sites for hydroxylation is 1. The van der Waals surface area contributed by atoms with Gasteiger partial charge in [0.15, 0.2) is 0 Å². The Balaban J connectivity index is 0.000000796. The highest BCUT2D eigenvalue weighted by Gasteiger charge is 2.33. The summed E-state index contributed by atoms with van der Waals surface area (Å²) in [4.78, 5) is 3.91. The Kier molecular flexibility index (Phi) is 8.22. The van der Waals surface area contributed by atoms with Gasteiger partial charge in [-0.3, -0.25) is 4.99 Å². The molecule has 2 nitrogen and oxygen atoms in total. The molecule has 0 aliphatic heterocycles. The van der Waals surface area contributed by atoms with Crippen LogP contribution >= 0.6 is 0 Å². The number of alkyl halides is 3. The van der Waals surface area contributed by atoms with E-state index < -0.39 is 11.7 Å². The topological polar surface area (TPSA) is 32.6 Å². The van der Waals surface area contributed by atoms with Crippen LogP contribution in [0.15, 0.2) is 17.1 Å². The summed E-state index contributed by atoms with van der Waals surface area (Å²) in [6, 6.07) is 2.18. The molecule has 0 bridgehead atoms. The fraction of sp³-hybridized carbons (Fsp3) is 0.500. The molecule has 111 valence electrons. The van der Waals surface area contributed by atoms with Crippen LogP contribution in [0.1, 0.15) is 44.7 Å². The molecule has 1 aromatic carbocycles. The van der Waals surface area contributed by atoms with Gasteiger partial charge in [-0.1, -0.05) is 26.7 Å². The minimum Gasteiger partial charge on any atom is -0.450 e. The van der Waals surface area contributed by atoms with Crippen molar-refractivity contribution in [3.8, 4) is 0 Å². The second kappa shape index (κ2) is 8.79. The molecule has 20 heavy (non-hydrogen) atoms. The summed E-state index contributed by atoms with van der Waals surface area (Å²) in [7, 11) is 0.441. The number of rotatable bonds is 3. The van der Waals surface area contributed by atoms with Crippen molar-refractivity contribution < 1.29 is 18.2 Å². The van der Waals surface area contributed by atoms with Crippen molar-refractivity contribution in [1.29, 1.82) is 0 Å². The van der Waals surface area contributed by atoms with E-state index in [2.05, 4.69) is 18.8 Å². The van der Waals surface area contributed by atoms with E-state index in [9.17, 15) is 13.2 Å². The Labute approximate surface area is 119 Å². The van der Waals surface area contributed by atoms with Gasteiger partial charge in [-0.15, -0.1) is 0 Å². The number of halogens is 3. The zero-order chi connectivity index (χ0) is 15.8. The average Bonchev–Trinajstić information content (AvgIpc) is 2.40. The normalized spacial score (nSPS) is 11.2. The quantitative estimate of drug-likeness (QED) is 0.665. The lowest BCUT2D eigenvalue weighted by Gasteiger charge is -2.13. The Bertz CT molecular complexity index is 443. The van der Waals surface area contributed by atoms with E-state index in [1.165, 1.54) is 25.1 Å².